The second kappa shape index (κ2) is 9.93. The van der Waals surface area contributed by atoms with Crippen molar-refractivity contribution < 1.29 is 13.2 Å². The molecule has 0 saturated carbocycles. The Morgan fingerprint density at radius 3 is 2.53 bits per heavy atom. The van der Waals surface area contributed by atoms with Crippen LogP contribution in [0.2, 0.25) is 0 Å². The quantitative estimate of drug-likeness (QED) is 0.307. The van der Waals surface area contributed by atoms with Crippen molar-refractivity contribution in [3.63, 3.8) is 0 Å². The lowest BCUT2D eigenvalue weighted by molar-refractivity contribution is -0.141. The molecule has 1 aliphatic carbocycles. The Kier molecular flexibility index (Phi) is 6.66. The highest BCUT2D eigenvalue weighted by molar-refractivity contribution is 5.76. The Hall–Kier alpha value is -4.19. The number of hydrogen-bond donors (Lipinski definition) is 1. The van der Waals surface area contributed by atoms with Gasteiger partial charge in [0.05, 0.1) is 11.3 Å². The molecular formula is C29H27F3N6. The van der Waals surface area contributed by atoms with E-state index in [1.165, 1.54) is 4.68 Å². The predicted octanol–water partition coefficient (Wildman–Crippen LogP) is 6.75. The molecule has 38 heavy (non-hydrogen) atoms. The van der Waals surface area contributed by atoms with Crippen LogP contribution in [0.5, 0.6) is 0 Å². The average molecular weight is 517 g/mol. The summed E-state index contributed by atoms with van der Waals surface area (Å²) in [4.78, 5) is 9.31. The van der Waals surface area contributed by atoms with E-state index < -0.39 is 11.9 Å². The molecule has 3 aromatic heterocycles. The summed E-state index contributed by atoms with van der Waals surface area (Å²) < 4.78 is 40.3. The van der Waals surface area contributed by atoms with E-state index in [4.69, 9.17) is 4.98 Å². The first-order valence-corrected chi connectivity index (χ1v) is 12.6. The van der Waals surface area contributed by atoms with Gasteiger partial charge in [-0.15, -0.1) is 0 Å². The number of nitriles is 1. The molecule has 1 N–H and O–H groups in total. The highest BCUT2D eigenvalue weighted by Gasteiger charge is 2.34. The van der Waals surface area contributed by atoms with Gasteiger partial charge in [0, 0.05) is 24.0 Å². The lowest BCUT2D eigenvalue weighted by Crippen LogP contribution is -2.10. The average Bonchev–Trinajstić information content (AvgIpc) is 3.54. The van der Waals surface area contributed by atoms with E-state index in [9.17, 15) is 18.4 Å². The van der Waals surface area contributed by atoms with Crippen molar-refractivity contribution >= 4 is 5.82 Å². The summed E-state index contributed by atoms with van der Waals surface area (Å²) >= 11 is 0. The molecule has 0 unspecified atom stereocenters. The van der Waals surface area contributed by atoms with Crippen molar-refractivity contribution in [2.45, 2.75) is 58.7 Å². The number of anilines is 1. The molecule has 0 fully saturated rings. The maximum Gasteiger partial charge on any atom is 0.435 e. The van der Waals surface area contributed by atoms with E-state index in [1.54, 1.807) is 19.2 Å². The first-order chi connectivity index (χ1) is 18.2. The summed E-state index contributed by atoms with van der Waals surface area (Å²) in [5.74, 6) is 1.35. The summed E-state index contributed by atoms with van der Waals surface area (Å²) in [7, 11) is 0. The van der Waals surface area contributed by atoms with Gasteiger partial charge in [0.1, 0.15) is 11.9 Å². The number of rotatable bonds is 6. The molecule has 194 valence electrons. The molecule has 6 nitrogen and oxygen atoms in total. The highest BCUT2D eigenvalue weighted by atomic mass is 19.4. The van der Waals surface area contributed by atoms with Crippen LogP contribution in [0, 0.1) is 18.3 Å². The molecule has 0 atom stereocenters. The van der Waals surface area contributed by atoms with Crippen LogP contribution < -0.4 is 5.32 Å². The minimum atomic E-state index is -4.51. The Morgan fingerprint density at radius 2 is 1.87 bits per heavy atom. The lowest BCUT2D eigenvalue weighted by Gasteiger charge is -2.18. The van der Waals surface area contributed by atoms with E-state index >= 15 is 0 Å². The van der Waals surface area contributed by atoms with E-state index in [-0.39, 0.29) is 5.92 Å². The summed E-state index contributed by atoms with van der Waals surface area (Å²) in [6.45, 7) is 6.24. The maximum absolute atomic E-state index is 13.0. The number of benzene rings is 1. The molecule has 1 aromatic carbocycles. The van der Waals surface area contributed by atoms with Crippen LogP contribution >= 0.6 is 0 Å². The number of nitrogens with one attached hydrogen (secondary N) is 1. The lowest BCUT2D eigenvalue weighted by atomic mass is 9.91. The van der Waals surface area contributed by atoms with Gasteiger partial charge >= 0.3 is 6.18 Å². The largest absolute Gasteiger partial charge is 0.435 e. The zero-order valence-electron chi connectivity index (χ0n) is 21.4. The number of aryl methyl sites for hydroxylation is 1. The minimum absolute atomic E-state index is 0.277. The van der Waals surface area contributed by atoms with Crippen molar-refractivity contribution in [2.24, 2.45) is 0 Å². The topological polar surface area (TPSA) is 79.4 Å². The van der Waals surface area contributed by atoms with Crippen LogP contribution in [-0.2, 0) is 25.6 Å². The first kappa shape index (κ1) is 25.5. The van der Waals surface area contributed by atoms with Crippen molar-refractivity contribution in [2.75, 3.05) is 5.32 Å². The number of pyridine rings is 2. The van der Waals surface area contributed by atoms with Crippen LogP contribution in [0.1, 0.15) is 65.4 Å². The molecule has 5 rings (SSSR count). The van der Waals surface area contributed by atoms with Crippen LogP contribution in [0.4, 0.5) is 19.0 Å². The summed E-state index contributed by atoms with van der Waals surface area (Å²) in [6, 6.07) is 15.0. The second-order valence-electron chi connectivity index (χ2n) is 9.81. The molecule has 3 heterocycles. The molecule has 0 spiro atoms. The van der Waals surface area contributed by atoms with Gasteiger partial charge in [-0.05, 0) is 66.5 Å². The number of nitrogens with zero attached hydrogens (tertiary/aromatic N) is 5. The Morgan fingerprint density at radius 1 is 1.11 bits per heavy atom. The Labute approximate surface area is 219 Å². The van der Waals surface area contributed by atoms with Gasteiger partial charge < -0.3 is 5.32 Å². The van der Waals surface area contributed by atoms with Crippen LogP contribution in [0.3, 0.4) is 0 Å². The zero-order chi connectivity index (χ0) is 27.0. The molecule has 1 aliphatic rings. The smallest absolute Gasteiger partial charge is 0.366 e. The van der Waals surface area contributed by atoms with Gasteiger partial charge in [0.15, 0.2) is 11.5 Å². The van der Waals surface area contributed by atoms with E-state index in [2.05, 4.69) is 41.4 Å². The van der Waals surface area contributed by atoms with Gasteiger partial charge in [-0.1, -0.05) is 44.2 Å². The number of halogens is 3. The third-order valence-corrected chi connectivity index (χ3v) is 6.88. The fourth-order valence-electron chi connectivity index (χ4n) is 5.01. The van der Waals surface area contributed by atoms with Gasteiger partial charge in [0.2, 0.25) is 0 Å². The molecule has 0 amide bonds. The van der Waals surface area contributed by atoms with Crippen LogP contribution in [0.25, 0.3) is 17.1 Å². The van der Waals surface area contributed by atoms with Gasteiger partial charge in [0.25, 0.3) is 0 Å². The number of hydrogen-bond acceptors (Lipinski definition) is 5. The minimum Gasteiger partial charge on any atom is -0.366 e. The van der Waals surface area contributed by atoms with Crippen LogP contribution in [-0.4, -0.2) is 19.7 Å². The summed E-state index contributed by atoms with van der Waals surface area (Å²) in [6.07, 6.45) is -0.234. The van der Waals surface area contributed by atoms with Crippen molar-refractivity contribution in [3.8, 4) is 23.1 Å². The zero-order valence-corrected chi connectivity index (χ0v) is 21.4. The number of alkyl halides is 3. The van der Waals surface area contributed by atoms with Gasteiger partial charge in [-0.3, -0.25) is 0 Å². The Bertz CT molecular complexity index is 1530. The van der Waals surface area contributed by atoms with E-state index in [1.807, 2.05) is 24.3 Å². The monoisotopic (exact) mass is 516 g/mol. The molecule has 0 aliphatic heterocycles. The van der Waals surface area contributed by atoms with Crippen molar-refractivity contribution in [1.82, 2.24) is 19.7 Å². The first-order valence-electron chi connectivity index (χ1n) is 12.6. The SMILES string of the molecule is Cc1cc(C(F)(F)F)nn1-c1ccc(CNc2nc(-c3ccccc3C(C)C)c(C#N)c3c2CCC3)cn1. The summed E-state index contributed by atoms with van der Waals surface area (Å²) in [5, 5.41) is 17.2. The standard InChI is InChI=1S/C29H27F3N6/c1-17(2)20-7-4-5-8-22(20)27-24(14-33)21-9-6-10-23(21)28(36-27)35-16-19-11-12-26(34-15-19)38-18(3)13-25(37-38)29(30,31)32/h4-5,7-8,11-13,15,17H,6,9-10,16H2,1-3H3,(H,35,36). The predicted molar refractivity (Wildman–Crippen MR) is 139 cm³/mol. The van der Waals surface area contributed by atoms with Gasteiger partial charge in [-0.2, -0.15) is 23.5 Å². The van der Waals surface area contributed by atoms with Crippen molar-refractivity contribution in [1.29, 1.82) is 5.26 Å². The molecule has 4 aromatic rings. The number of aromatic nitrogens is 4. The van der Waals surface area contributed by atoms with E-state index in [0.717, 1.165) is 59.0 Å². The number of fused-ring (bicyclic) bond motifs is 1. The fraction of sp³-hybridized carbons (Fsp3) is 0.310. The van der Waals surface area contributed by atoms with Gasteiger partial charge in [-0.25, -0.2) is 14.6 Å². The third kappa shape index (κ3) is 4.74. The van der Waals surface area contributed by atoms with Crippen molar-refractivity contribution in [3.05, 3.63) is 87.9 Å². The normalized spacial score (nSPS) is 13.0. The molecule has 0 saturated heterocycles. The Balaban J connectivity index is 1.44. The maximum atomic E-state index is 13.0. The fourth-order valence-corrected chi connectivity index (χ4v) is 5.01. The molecular weight excluding hydrogens is 489 g/mol. The van der Waals surface area contributed by atoms with Crippen LogP contribution in [0.15, 0.2) is 48.7 Å². The van der Waals surface area contributed by atoms with E-state index in [0.29, 0.717) is 29.3 Å². The highest BCUT2D eigenvalue weighted by Crippen LogP contribution is 2.38. The molecule has 9 heteroatoms. The summed E-state index contributed by atoms with van der Waals surface area (Å²) in [5.41, 5.74) is 5.83. The molecule has 0 bridgehead atoms. The second-order valence-corrected chi connectivity index (χ2v) is 9.81. The third-order valence-electron chi connectivity index (χ3n) is 6.88. The molecule has 0 radical (unpaired) electrons.